The fraction of sp³-hybridized carbons (Fsp3) is 0.467. The van der Waals surface area contributed by atoms with Crippen LogP contribution in [-0.2, 0) is 0 Å². The molecule has 0 atom stereocenters. The van der Waals surface area contributed by atoms with Crippen molar-refractivity contribution in [3.8, 4) is 0 Å². The minimum atomic E-state index is 0.728. The zero-order chi connectivity index (χ0) is 13.1. The Hall–Kier alpha value is -1.84. The van der Waals surface area contributed by atoms with Gasteiger partial charge in [0, 0.05) is 12.2 Å². The number of aromatic nitrogens is 3. The first-order chi connectivity index (χ1) is 9.33. The summed E-state index contributed by atoms with van der Waals surface area (Å²) in [6, 6.07) is 6.03. The molecule has 2 heterocycles. The number of fused-ring (bicyclic) bond motifs is 1. The van der Waals surface area contributed by atoms with Crippen LogP contribution >= 0.6 is 0 Å². The minimum Gasteiger partial charge on any atom is -0.353 e. The van der Waals surface area contributed by atoms with Crippen molar-refractivity contribution in [3.63, 3.8) is 0 Å². The van der Waals surface area contributed by atoms with Gasteiger partial charge < -0.3 is 5.32 Å². The monoisotopic (exact) mass is 256 g/mol. The van der Waals surface area contributed by atoms with E-state index in [1.54, 1.807) is 5.57 Å². The van der Waals surface area contributed by atoms with Crippen molar-refractivity contribution in [1.29, 1.82) is 0 Å². The Bertz CT molecular complexity index is 597. The Kier molecular flexibility index (Phi) is 3.49. The molecule has 3 rings (SSSR count). The summed E-state index contributed by atoms with van der Waals surface area (Å²) in [4.78, 5) is 4.48. The predicted molar refractivity (Wildman–Crippen MR) is 77.4 cm³/mol. The summed E-state index contributed by atoms with van der Waals surface area (Å²) in [5, 5.41) is 7.79. The smallest absolute Gasteiger partial charge is 0.243 e. The molecular weight excluding hydrogens is 236 g/mol. The number of aryl methyl sites for hydroxylation is 1. The molecule has 0 radical (unpaired) electrons. The Labute approximate surface area is 113 Å². The molecule has 0 amide bonds. The summed E-state index contributed by atoms with van der Waals surface area (Å²) in [6.07, 6.45) is 8.71. The summed E-state index contributed by atoms with van der Waals surface area (Å²) in [5.74, 6) is 0.728. The van der Waals surface area contributed by atoms with Gasteiger partial charge in [0.25, 0.3) is 0 Å². The lowest BCUT2D eigenvalue weighted by molar-refractivity contribution is 0.679. The molecule has 2 aromatic heterocycles. The van der Waals surface area contributed by atoms with E-state index in [0.29, 0.717) is 0 Å². The molecule has 0 aliphatic heterocycles. The van der Waals surface area contributed by atoms with Crippen LogP contribution in [0, 0.1) is 6.92 Å². The topological polar surface area (TPSA) is 42.2 Å². The number of hydrogen-bond donors (Lipinski definition) is 1. The van der Waals surface area contributed by atoms with E-state index < -0.39 is 0 Å². The number of nitrogens with one attached hydrogen (secondary N) is 1. The van der Waals surface area contributed by atoms with Crippen molar-refractivity contribution in [2.24, 2.45) is 0 Å². The average Bonchev–Trinajstić information content (AvgIpc) is 2.84. The standard InChI is InChI=1S/C15H20N4/c1-12-6-5-9-14-17-15(18-19(12)14)16-11-10-13-7-3-2-4-8-13/h5-7,9H,2-4,8,10-11H2,1H3,(H,16,18). The fourth-order valence-electron chi connectivity index (χ4n) is 2.58. The van der Waals surface area contributed by atoms with Crippen molar-refractivity contribution in [2.75, 3.05) is 11.9 Å². The van der Waals surface area contributed by atoms with Crippen molar-refractivity contribution in [3.05, 3.63) is 35.5 Å². The van der Waals surface area contributed by atoms with Gasteiger partial charge in [0.05, 0.1) is 0 Å². The Morgan fingerprint density at radius 2 is 2.26 bits per heavy atom. The van der Waals surface area contributed by atoms with Crippen molar-refractivity contribution in [1.82, 2.24) is 14.6 Å². The largest absolute Gasteiger partial charge is 0.353 e. The number of nitrogens with zero attached hydrogens (tertiary/aromatic N) is 3. The number of pyridine rings is 1. The molecule has 0 unspecified atom stereocenters. The van der Waals surface area contributed by atoms with Gasteiger partial charge in [0.2, 0.25) is 5.95 Å². The van der Waals surface area contributed by atoms with Gasteiger partial charge in [-0.05, 0) is 51.2 Å². The summed E-state index contributed by atoms with van der Waals surface area (Å²) in [7, 11) is 0. The number of rotatable bonds is 4. The van der Waals surface area contributed by atoms with E-state index in [4.69, 9.17) is 0 Å². The molecule has 0 spiro atoms. The number of anilines is 1. The van der Waals surface area contributed by atoms with Gasteiger partial charge in [-0.15, -0.1) is 5.10 Å². The van der Waals surface area contributed by atoms with Crippen LogP contribution in [0.2, 0.25) is 0 Å². The Morgan fingerprint density at radius 3 is 3.05 bits per heavy atom. The third kappa shape index (κ3) is 2.78. The first-order valence-electron chi connectivity index (χ1n) is 7.07. The third-order valence-electron chi connectivity index (χ3n) is 3.66. The van der Waals surface area contributed by atoms with Crippen LogP contribution in [-0.4, -0.2) is 21.1 Å². The van der Waals surface area contributed by atoms with Gasteiger partial charge in [0.15, 0.2) is 5.65 Å². The van der Waals surface area contributed by atoms with E-state index in [2.05, 4.69) is 21.5 Å². The Balaban J connectivity index is 1.62. The molecular formula is C15H20N4. The van der Waals surface area contributed by atoms with Gasteiger partial charge in [-0.3, -0.25) is 0 Å². The van der Waals surface area contributed by atoms with Crippen LogP contribution in [0.5, 0.6) is 0 Å². The predicted octanol–water partition coefficient (Wildman–Crippen LogP) is 3.34. The van der Waals surface area contributed by atoms with Gasteiger partial charge in [-0.25, -0.2) is 4.52 Å². The van der Waals surface area contributed by atoms with E-state index in [0.717, 1.165) is 30.3 Å². The molecule has 2 aromatic rings. The maximum atomic E-state index is 4.48. The van der Waals surface area contributed by atoms with Gasteiger partial charge in [0.1, 0.15) is 0 Å². The second kappa shape index (κ2) is 5.43. The second-order valence-electron chi connectivity index (χ2n) is 5.16. The number of hydrogen-bond acceptors (Lipinski definition) is 3. The van der Waals surface area contributed by atoms with Crippen LogP contribution in [0.15, 0.2) is 29.8 Å². The zero-order valence-corrected chi connectivity index (χ0v) is 11.4. The molecule has 1 aliphatic carbocycles. The third-order valence-corrected chi connectivity index (χ3v) is 3.66. The van der Waals surface area contributed by atoms with E-state index >= 15 is 0 Å². The lowest BCUT2D eigenvalue weighted by Crippen LogP contribution is -2.05. The second-order valence-corrected chi connectivity index (χ2v) is 5.16. The molecule has 4 nitrogen and oxygen atoms in total. The highest BCUT2D eigenvalue weighted by atomic mass is 15.3. The van der Waals surface area contributed by atoms with Crippen LogP contribution in [0.1, 0.15) is 37.8 Å². The summed E-state index contributed by atoms with van der Waals surface area (Å²) < 4.78 is 1.88. The van der Waals surface area contributed by atoms with Crippen LogP contribution in [0.25, 0.3) is 5.65 Å². The SMILES string of the molecule is Cc1cccc2nc(NCCC3=CCCCC3)nn12. The van der Waals surface area contributed by atoms with Crippen LogP contribution < -0.4 is 5.32 Å². The molecule has 0 aromatic carbocycles. The first kappa shape index (κ1) is 12.2. The van der Waals surface area contributed by atoms with E-state index in [1.165, 1.54) is 25.7 Å². The van der Waals surface area contributed by atoms with Crippen molar-refractivity contribution in [2.45, 2.75) is 39.0 Å². The molecule has 0 saturated heterocycles. The van der Waals surface area contributed by atoms with E-state index in [9.17, 15) is 0 Å². The first-order valence-corrected chi connectivity index (χ1v) is 7.07. The Morgan fingerprint density at radius 1 is 1.32 bits per heavy atom. The van der Waals surface area contributed by atoms with Gasteiger partial charge >= 0.3 is 0 Å². The summed E-state index contributed by atoms with van der Waals surface area (Å²) in [6.45, 7) is 2.96. The molecule has 0 bridgehead atoms. The highest BCUT2D eigenvalue weighted by Gasteiger charge is 2.06. The van der Waals surface area contributed by atoms with Crippen LogP contribution in [0.3, 0.4) is 0 Å². The number of allylic oxidation sites excluding steroid dienone is 1. The maximum Gasteiger partial charge on any atom is 0.243 e. The molecule has 1 aliphatic rings. The van der Waals surface area contributed by atoms with Crippen LogP contribution in [0.4, 0.5) is 5.95 Å². The zero-order valence-electron chi connectivity index (χ0n) is 11.4. The van der Waals surface area contributed by atoms with Gasteiger partial charge in [-0.1, -0.05) is 17.7 Å². The molecule has 1 N–H and O–H groups in total. The van der Waals surface area contributed by atoms with Crippen molar-refractivity contribution >= 4 is 11.6 Å². The molecule has 19 heavy (non-hydrogen) atoms. The van der Waals surface area contributed by atoms with Gasteiger partial charge in [-0.2, -0.15) is 4.98 Å². The lowest BCUT2D eigenvalue weighted by Gasteiger charge is -2.12. The van der Waals surface area contributed by atoms with E-state index in [1.807, 2.05) is 29.6 Å². The maximum absolute atomic E-state index is 4.48. The fourth-order valence-corrected chi connectivity index (χ4v) is 2.58. The lowest BCUT2D eigenvalue weighted by atomic mass is 9.97. The summed E-state index contributed by atoms with van der Waals surface area (Å²) >= 11 is 0. The quantitative estimate of drug-likeness (QED) is 0.853. The summed E-state index contributed by atoms with van der Waals surface area (Å²) in [5.41, 5.74) is 3.59. The average molecular weight is 256 g/mol. The minimum absolute atomic E-state index is 0.728. The van der Waals surface area contributed by atoms with E-state index in [-0.39, 0.29) is 0 Å². The normalized spacial score (nSPS) is 15.5. The highest BCUT2D eigenvalue weighted by Crippen LogP contribution is 2.19. The highest BCUT2D eigenvalue weighted by molar-refractivity contribution is 5.44. The molecule has 100 valence electrons. The molecule has 4 heteroatoms. The molecule has 0 fully saturated rings. The molecule has 0 saturated carbocycles. The van der Waals surface area contributed by atoms with Crippen molar-refractivity contribution < 1.29 is 0 Å².